The number of para-hydroxylation sites is 1. The molecule has 1 aromatic carbocycles. The summed E-state index contributed by atoms with van der Waals surface area (Å²) in [4.78, 5) is 0. The zero-order chi connectivity index (χ0) is 12.9. The number of hydrogen-bond acceptors (Lipinski definition) is 2. The second-order valence-electron chi connectivity index (χ2n) is 3.21. The Hall–Kier alpha value is -1.10. The van der Waals surface area contributed by atoms with Crippen LogP contribution in [0.4, 0.5) is 13.2 Å². The molecule has 6 heteroatoms. The lowest BCUT2D eigenvalue weighted by molar-refractivity contribution is -0.153. The van der Waals surface area contributed by atoms with Crippen molar-refractivity contribution in [2.75, 3.05) is 13.2 Å². The molecule has 1 rings (SSSR count). The number of ether oxygens (including phenoxy) is 2. The van der Waals surface area contributed by atoms with Gasteiger partial charge in [-0.2, -0.15) is 13.2 Å². The highest BCUT2D eigenvalue weighted by Gasteiger charge is 2.29. The molecule has 0 spiro atoms. The predicted octanol–water partition coefficient (Wildman–Crippen LogP) is 3.77. The van der Waals surface area contributed by atoms with Crippen molar-refractivity contribution in [3.8, 4) is 11.5 Å². The highest BCUT2D eigenvalue weighted by Crippen LogP contribution is 2.33. The number of benzene rings is 1. The van der Waals surface area contributed by atoms with Crippen LogP contribution in [0.3, 0.4) is 0 Å². The van der Waals surface area contributed by atoms with Crippen molar-refractivity contribution in [1.29, 1.82) is 0 Å². The number of rotatable bonds is 5. The fourth-order valence-electron chi connectivity index (χ4n) is 1.25. The summed E-state index contributed by atoms with van der Waals surface area (Å²) in [5.74, 6) is 0.394. The smallest absolute Gasteiger partial charge is 0.422 e. The fourth-order valence-corrected chi connectivity index (χ4v) is 1.46. The largest absolute Gasteiger partial charge is 0.490 e. The summed E-state index contributed by atoms with van der Waals surface area (Å²) in [6.45, 7) is 0.718. The number of alkyl halides is 4. The molecule has 0 bridgehead atoms. The Morgan fingerprint density at radius 2 is 1.94 bits per heavy atom. The molecule has 0 aromatic heterocycles. The van der Waals surface area contributed by atoms with E-state index in [1.165, 1.54) is 0 Å². The Balaban J connectivity index is 2.92. The second-order valence-corrected chi connectivity index (χ2v) is 3.48. The van der Waals surface area contributed by atoms with E-state index in [1.807, 2.05) is 0 Å². The lowest BCUT2D eigenvalue weighted by Crippen LogP contribution is -2.20. The van der Waals surface area contributed by atoms with Crippen LogP contribution in [-0.4, -0.2) is 19.4 Å². The van der Waals surface area contributed by atoms with Gasteiger partial charge in [-0.1, -0.05) is 12.1 Å². The molecule has 0 unspecified atom stereocenters. The minimum absolute atomic E-state index is 0.0571. The molecule has 0 N–H and O–H groups in total. The van der Waals surface area contributed by atoms with E-state index in [0.29, 0.717) is 12.2 Å². The maximum absolute atomic E-state index is 12.1. The number of halogens is 4. The molecule has 1 aromatic rings. The molecule has 0 heterocycles. The van der Waals surface area contributed by atoms with Gasteiger partial charge in [-0.15, -0.1) is 11.6 Å². The van der Waals surface area contributed by atoms with Gasteiger partial charge >= 0.3 is 6.18 Å². The molecule has 0 radical (unpaired) electrons. The molecule has 0 aliphatic heterocycles. The van der Waals surface area contributed by atoms with E-state index in [0.717, 1.165) is 0 Å². The van der Waals surface area contributed by atoms with Crippen molar-refractivity contribution < 1.29 is 22.6 Å². The van der Waals surface area contributed by atoms with Gasteiger partial charge < -0.3 is 9.47 Å². The topological polar surface area (TPSA) is 18.5 Å². The van der Waals surface area contributed by atoms with Crippen LogP contribution in [0.2, 0.25) is 0 Å². The summed E-state index contributed by atoms with van der Waals surface area (Å²) < 4.78 is 46.2. The average molecular weight is 269 g/mol. The summed E-state index contributed by atoms with van der Waals surface area (Å²) in [7, 11) is 0. The van der Waals surface area contributed by atoms with Crippen LogP contribution in [0.15, 0.2) is 18.2 Å². The van der Waals surface area contributed by atoms with Crippen molar-refractivity contribution in [2.24, 2.45) is 0 Å². The first kappa shape index (κ1) is 14.0. The molecular formula is C11H12ClF3O2. The van der Waals surface area contributed by atoms with Crippen molar-refractivity contribution >= 4 is 11.6 Å². The summed E-state index contributed by atoms with van der Waals surface area (Å²) >= 11 is 5.64. The van der Waals surface area contributed by atoms with Crippen LogP contribution in [0.5, 0.6) is 11.5 Å². The first-order chi connectivity index (χ1) is 7.98. The lowest BCUT2D eigenvalue weighted by atomic mass is 10.2. The van der Waals surface area contributed by atoms with Crippen LogP contribution in [0.25, 0.3) is 0 Å². The molecule has 0 aliphatic carbocycles. The van der Waals surface area contributed by atoms with Gasteiger partial charge in [0.05, 0.1) is 12.5 Å². The summed E-state index contributed by atoms with van der Waals surface area (Å²) in [6.07, 6.45) is -4.39. The highest BCUT2D eigenvalue weighted by atomic mass is 35.5. The quantitative estimate of drug-likeness (QED) is 0.757. The van der Waals surface area contributed by atoms with Crippen LogP contribution in [0, 0.1) is 0 Å². The second kappa shape index (κ2) is 6.00. The molecule has 0 fully saturated rings. The van der Waals surface area contributed by atoms with Gasteiger partial charge in [0, 0.05) is 5.56 Å². The minimum atomic E-state index is -4.39. The lowest BCUT2D eigenvalue weighted by Gasteiger charge is -2.15. The standard InChI is InChI=1S/C11H12ClF3O2/c1-2-16-9-5-3-4-8(6-12)10(9)17-7-11(13,14)15/h3-5H,2,6-7H2,1H3. The predicted molar refractivity (Wildman–Crippen MR) is 58.7 cm³/mol. The zero-order valence-electron chi connectivity index (χ0n) is 9.18. The molecule has 0 aliphatic rings. The monoisotopic (exact) mass is 268 g/mol. The SMILES string of the molecule is CCOc1cccc(CCl)c1OCC(F)(F)F. The van der Waals surface area contributed by atoms with Crippen LogP contribution < -0.4 is 9.47 Å². The summed E-state index contributed by atoms with van der Waals surface area (Å²) in [6, 6.07) is 4.80. The van der Waals surface area contributed by atoms with Crippen molar-refractivity contribution in [3.05, 3.63) is 23.8 Å². The summed E-state index contributed by atoms with van der Waals surface area (Å²) in [5, 5.41) is 0. The maximum Gasteiger partial charge on any atom is 0.422 e. The molecule has 0 amide bonds. The van der Waals surface area contributed by atoms with Gasteiger partial charge in [0.1, 0.15) is 0 Å². The third-order valence-electron chi connectivity index (χ3n) is 1.88. The van der Waals surface area contributed by atoms with E-state index in [1.54, 1.807) is 25.1 Å². The van der Waals surface area contributed by atoms with Crippen LogP contribution in [-0.2, 0) is 5.88 Å². The Bertz CT molecular complexity index is 366. The highest BCUT2D eigenvalue weighted by molar-refractivity contribution is 6.17. The van der Waals surface area contributed by atoms with E-state index in [4.69, 9.17) is 21.1 Å². The Labute approximate surface area is 102 Å². The van der Waals surface area contributed by atoms with Crippen molar-refractivity contribution in [3.63, 3.8) is 0 Å². The molecule has 17 heavy (non-hydrogen) atoms. The molecular weight excluding hydrogens is 257 g/mol. The van der Waals surface area contributed by atoms with E-state index < -0.39 is 12.8 Å². The molecule has 0 atom stereocenters. The van der Waals surface area contributed by atoms with Crippen LogP contribution in [0.1, 0.15) is 12.5 Å². The minimum Gasteiger partial charge on any atom is -0.490 e. The average Bonchev–Trinajstić information content (AvgIpc) is 2.26. The Morgan fingerprint density at radius 3 is 2.47 bits per heavy atom. The van der Waals surface area contributed by atoms with Gasteiger partial charge in [0.25, 0.3) is 0 Å². The zero-order valence-corrected chi connectivity index (χ0v) is 9.94. The molecule has 96 valence electrons. The van der Waals surface area contributed by atoms with Crippen molar-refractivity contribution in [2.45, 2.75) is 19.0 Å². The van der Waals surface area contributed by atoms with Gasteiger partial charge in [-0.3, -0.25) is 0 Å². The van der Waals surface area contributed by atoms with Gasteiger partial charge in [0.15, 0.2) is 18.1 Å². The normalized spacial score (nSPS) is 11.4. The van der Waals surface area contributed by atoms with Crippen molar-refractivity contribution in [1.82, 2.24) is 0 Å². The van der Waals surface area contributed by atoms with E-state index in [-0.39, 0.29) is 17.4 Å². The van der Waals surface area contributed by atoms with E-state index >= 15 is 0 Å². The number of hydrogen-bond donors (Lipinski definition) is 0. The molecule has 2 nitrogen and oxygen atoms in total. The molecule has 0 saturated carbocycles. The maximum atomic E-state index is 12.1. The summed E-state index contributed by atoms with van der Waals surface area (Å²) in [5.41, 5.74) is 0.474. The van der Waals surface area contributed by atoms with E-state index in [2.05, 4.69) is 0 Å². The third-order valence-corrected chi connectivity index (χ3v) is 2.17. The Kier molecular flexibility index (Phi) is 4.93. The molecule has 0 saturated heterocycles. The van der Waals surface area contributed by atoms with Gasteiger partial charge in [-0.25, -0.2) is 0 Å². The fraction of sp³-hybridized carbons (Fsp3) is 0.455. The first-order valence-corrected chi connectivity index (χ1v) is 5.51. The first-order valence-electron chi connectivity index (χ1n) is 4.98. The van der Waals surface area contributed by atoms with E-state index in [9.17, 15) is 13.2 Å². The van der Waals surface area contributed by atoms with Gasteiger partial charge in [-0.05, 0) is 13.0 Å². The third kappa shape index (κ3) is 4.34. The Morgan fingerprint density at radius 1 is 1.24 bits per heavy atom. The van der Waals surface area contributed by atoms with Gasteiger partial charge in [0.2, 0.25) is 0 Å². The van der Waals surface area contributed by atoms with Crippen LogP contribution >= 0.6 is 11.6 Å².